The van der Waals surface area contributed by atoms with Crippen molar-refractivity contribution in [3.63, 3.8) is 0 Å². The third kappa shape index (κ3) is 3.62. The second-order valence-electron chi connectivity index (χ2n) is 7.13. The van der Waals surface area contributed by atoms with Crippen LogP contribution in [0.1, 0.15) is 54.3 Å². The van der Waals surface area contributed by atoms with Gasteiger partial charge in [-0.3, -0.25) is 4.79 Å². The van der Waals surface area contributed by atoms with Crippen molar-refractivity contribution in [3.05, 3.63) is 33.8 Å². The van der Waals surface area contributed by atoms with Gasteiger partial charge in [0.05, 0.1) is 5.92 Å². The van der Waals surface area contributed by atoms with Crippen LogP contribution < -0.4 is 5.73 Å². The molecule has 7 heteroatoms. The number of carboxylic acid groups (broad SMARTS) is 1. The van der Waals surface area contributed by atoms with Crippen molar-refractivity contribution in [2.45, 2.75) is 50.4 Å². The number of hydrogen-bond acceptors (Lipinski definition) is 4. The quantitative estimate of drug-likeness (QED) is 0.565. The van der Waals surface area contributed by atoms with Crippen LogP contribution in [0.4, 0.5) is 0 Å². The summed E-state index contributed by atoms with van der Waals surface area (Å²) in [6.45, 7) is 0. The molecule has 24 heavy (non-hydrogen) atoms. The van der Waals surface area contributed by atoms with E-state index in [2.05, 4.69) is 0 Å². The van der Waals surface area contributed by atoms with Gasteiger partial charge in [-0.05, 0) is 66.6 Å². The standard InChI is InChI=1S/C17H23BClNO4/c19-14-7-11-6-10(2-1-5-18(23)24)15(17(21)22)12(11)8-13(14)16(20)9-3-4-9/h7-10,15-16,23-24H,1-6,20H2,(H,21,22)/t10-,15-,16?/m0/s1. The predicted molar refractivity (Wildman–Crippen MR) is 92.9 cm³/mol. The maximum atomic E-state index is 11.8. The van der Waals surface area contributed by atoms with Gasteiger partial charge in [0.1, 0.15) is 0 Å². The van der Waals surface area contributed by atoms with Gasteiger partial charge in [-0.25, -0.2) is 0 Å². The molecule has 1 saturated carbocycles. The number of carbonyl (C=O) groups is 1. The van der Waals surface area contributed by atoms with Gasteiger partial charge in [-0.1, -0.05) is 24.1 Å². The summed E-state index contributed by atoms with van der Waals surface area (Å²) in [4.78, 5) is 11.8. The number of hydrogen-bond donors (Lipinski definition) is 4. The van der Waals surface area contributed by atoms with E-state index in [9.17, 15) is 9.90 Å². The van der Waals surface area contributed by atoms with Gasteiger partial charge in [0.2, 0.25) is 0 Å². The Morgan fingerprint density at radius 1 is 1.38 bits per heavy atom. The molecule has 0 saturated heterocycles. The molecule has 3 rings (SSSR count). The zero-order valence-electron chi connectivity index (χ0n) is 13.5. The van der Waals surface area contributed by atoms with E-state index in [1.54, 1.807) is 0 Å². The van der Waals surface area contributed by atoms with Crippen molar-refractivity contribution < 1.29 is 19.9 Å². The number of nitrogens with two attached hydrogens (primary N) is 1. The molecule has 0 aromatic heterocycles. The molecule has 1 unspecified atom stereocenters. The van der Waals surface area contributed by atoms with E-state index < -0.39 is 19.0 Å². The lowest BCUT2D eigenvalue weighted by Crippen LogP contribution is -2.19. The molecular weight excluding hydrogens is 328 g/mol. The van der Waals surface area contributed by atoms with Crippen molar-refractivity contribution in [3.8, 4) is 0 Å². The molecule has 0 amide bonds. The molecule has 2 aliphatic rings. The fraction of sp³-hybridized carbons (Fsp3) is 0.588. The maximum absolute atomic E-state index is 11.8. The first kappa shape index (κ1) is 17.7. The van der Waals surface area contributed by atoms with E-state index >= 15 is 0 Å². The van der Waals surface area contributed by atoms with Crippen LogP contribution in [0.2, 0.25) is 11.3 Å². The molecule has 0 aliphatic heterocycles. The van der Waals surface area contributed by atoms with Crippen molar-refractivity contribution in [2.75, 3.05) is 0 Å². The normalized spacial score (nSPS) is 23.8. The maximum Gasteiger partial charge on any atom is 0.451 e. The monoisotopic (exact) mass is 351 g/mol. The number of aliphatic carboxylic acids is 1. The molecule has 0 heterocycles. The summed E-state index contributed by atoms with van der Waals surface area (Å²) in [5.41, 5.74) is 8.94. The van der Waals surface area contributed by atoms with Crippen LogP contribution in [-0.2, 0) is 11.2 Å². The van der Waals surface area contributed by atoms with Crippen molar-refractivity contribution in [1.82, 2.24) is 0 Å². The SMILES string of the molecule is NC(c1cc2c(cc1Cl)C[C@H](CCCB(O)O)[C@@H]2C(=O)O)C1CC1. The van der Waals surface area contributed by atoms with Crippen molar-refractivity contribution in [2.24, 2.45) is 17.6 Å². The average molecular weight is 352 g/mol. The highest BCUT2D eigenvalue weighted by Gasteiger charge is 2.39. The van der Waals surface area contributed by atoms with E-state index in [4.69, 9.17) is 27.4 Å². The minimum Gasteiger partial charge on any atom is -0.481 e. The summed E-state index contributed by atoms with van der Waals surface area (Å²) in [6, 6.07) is 3.66. The number of rotatable bonds is 7. The van der Waals surface area contributed by atoms with Crippen LogP contribution in [0.3, 0.4) is 0 Å². The Morgan fingerprint density at radius 3 is 2.67 bits per heavy atom. The Kier molecular flexibility index (Phi) is 5.20. The summed E-state index contributed by atoms with van der Waals surface area (Å²) in [6.07, 6.45) is 4.35. The highest BCUT2D eigenvalue weighted by atomic mass is 35.5. The molecule has 1 aromatic carbocycles. The van der Waals surface area contributed by atoms with E-state index in [0.29, 0.717) is 30.2 Å². The van der Waals surface area contributed by atoms with Crippen LogP contribution in [0.5, 0.6) is 0 Å². The van der Waals surface area contributed by atoms with Gasteiger partial charge in [0, 0.05) is 11.1 Å². The summed E-state index contributed by atoms with van der Waals surface area (Å²) in [5, 5.41) is 28.3. The molecule has 3 atom stereocenters. The molecule has 1 aromatic rings. The summed E-state index contributed by atoms with van der Waals surface area (Å²) in [5.74, 6) is -0.999. The van der Waals surface area contributed by atoms with Crippen LogP contribution in [-0.4, -0.2) is 28.2 Å². The van der Waals surface area contributed by atoms with E-state index in [0.717, 1.165) is 29.5 Å². The summed E-state index contributed by atoms with van der Waals surface area (Å²) >= 11 is 6.40. The summed E-state index contributed by atoms with van der Waals surface area (Å²) in [7, 11) is -1.34. The number of fused-ring (bicyclic) bond motifs is 1. The van der Waals surface area contributed by atoms with Crippen LogP contribution in [0.25, 0.3) is 0 Å². The van der Waals surface area contributed by atoms with Gasteiger partial charge in [0.15, 0.2) is 0 Å². The Morgan fingerprint density at radius 2 is 2.08 bits per heavy atom. The molecular formula is C17H23BClNO4. The predicted octanol–water partition coefficient (Wildman–Crippen LogP) is 2.34. The molecule has 0 bridgehead atoms. The first-order valence-corrected chi connectivity index (χ1v) is 8.93. The second-order valence-corrected chi connectivity index (χ2v) is 7.53. The molecule has 2 aliphatic carbocycles. The first-order chi connectivity index (χ1) is 11.4. The van der Waals surface area contributed by atoms with Crippen LogP contribution in [0.15, 0.2) is 12.1 Å². The number of carboxylic acids is 1. The molecule has 1 fully saturated rings. The lowest BCUT2D eigenvalue weighted by atomic mass is 9.80. The van der Waals surface area contributed by atoms with E-state index in [-0.39, 0.29) is 18.3 Å². The third-order valence-electron chi connectivity index (χ3n) is 5.34. The first-order valence-electron chi connectivity index (χ1n) is 8.55. The van der Waals surface area contributed by atoms with Gasteiger partial charge >= 0.3 is 13.1 Å². The summed E-state index contributed by atoms with van der Waals surface area (Å²) < 4.78 is 0. The lowest BCUT2D eigenvalue weighted by molar-refractivity contribution is -0.139. The number of benzene rings is 1. The molecule has 0 radical (unpaired) electrons. The van der Waals surface area contributed by atoms with Crippen LogP contribution in [0, 0.1) is 11.8 Å². The van der Waals surface area contributed by atoms with Crippen molar-refractivity contribution in [1.29, 1.82) is 0 Å². The molecule has 5 N–H and O–H groups in total. The topological polar surface area (TPSA) is 104 Å². The van der Waals surface area contributed by atoms with Crippen LogP contribution >= 0.6 is 11.6 Å². The van der Waals surface area contributed by atoms with Crippen molar-refractivity contribution >= 4 is 24.7 Å². The van der Waals surface area contributed by atoms with Gasteiger partial charge in [-0.15, -0.1) is 0 Å². The Hall–Kier alpha value is -1.08. The fourth-order valence-corrected chi connectivity index (χ4v) is 4.21. The van der Waals surface area contributed by atoms with E-state index in [1.165, 1.54) is 0 Å². The average Bonchev–Trinajstić information content (AvgIpc) is 3.27. The smallest absolute Gasteiger partial charge is 0.451 e. The Balaban J connectivity index is 1.83. The molecule has 130 valence electrons. The van der Waals surface area contributed by atoms with Gasteiger partial charge in [0.25, 0.3) is 0 Å². The lowest BCUT2D eigenvalue weighted by Gasteiger charge is -2.18. The largest absolute Gasteiger partial charge is 0.481 e. The Bertz CT molecular complexity index is 635. The van der Waals surface area contributed by atoms with Gasteiger partial charge < -0.3 is 20.9 Å². The van der Waals surface area contributed by atoms with E-state index in [1.807, 2.05) is 12.1 Å². The molecule has 5 nitrogen and oxygen atoms in total. The molecule has 0 spiro atoms. The van der Waals surface area contributed by atoms with Gasteiger partial charge in [-0.2, -0.15) is 0 Å². The Labute approximate surface area is 147 Å². The highest BCUT2D eigenvalue weighted by molar-refractivity contribution is 6.40. The number of halogens is 1. The zero-order chi connectivity index (χ0) is 17.4. The second kappa shape index (κ2) is 7.04. The third-order valence-corrected chi connectivity index (χ3v) is 5.67. The zero-order valence-corrected chi connectivity index (χ0v) is 14.2. The minimum absolute atomic E-state index is 0.0419. The highest BCUT2D eigenvalue weighted by Crippen LogP contribution is 2.46. The minimum atomic E-state index is -1.34. The fourth-order valence-electron chi connectivity index (χ4n) is 3.90.